The number of fused-ring (bicyclic) bond motifs is 1. The normalized spacial score (nSPS) is 10.9. The number of carbonyl (C=O) groups is 1. The highest BCUT2D eigenvalue weighted by atomic mass is 79.9. The van der Waals surface area contributed by atoms with Crippen LogP contribution in [0.15, 0.2) is 47.1 Å². The van der Waals surface area contributed by atoms with Gasteiger partial charge in [-0.1, -0.05) is 30.7 Å². The topological polar surface area (TPSA) is 46.4 Å². The fourth-order valence-corrected chi connectivity index (χ4v) is 2.82. The van der Waals surface area contributed by atoms with Crippen LogP contribution < -0.4 is 5.32 Å². The van der Waals surface area contributed by atoms with Crippen LogP contribution >= 0.6 is 27.5 Å². The van der Waals surface area contributed by atoms with E-state index in [-0.39, 0.29) is 5.91 Å². The monoisotopic (exact) mass is 377 g/mol. The Balaban J connectivity index is 2.06. The Morgan fingerprint density at radius 1 is 1.32 bits per heavy atom. The number of carbonyl (C=O) groups excluding carboxylic acids is 1. The van der Waals surface area contributed by atoms with Gasteiger partial charge in [0.2, 0.25) is 0 Å². The van der Waals surface area contributed by atoms with E-state index in [1.807, 2.05) is 37.4 Å². The number of hydrogen-bond acceptors (Lipinski definition) is 2. The van der Waals surface area contributed by atoms with Crippen molar-refractivity contribution in [3.05, 3.63) is 63.5 Å². The molecule has 0 fully saturated rings. The number of anilines is 1. The van der Waals surface area contributed by atoms with Crippen molar-refractivity contribution in [1.82, 2.24) is 9.38 Å². The van der Waals surface area contributed by atoms with E-state index in [2.05, 4.69) is 26.2 Å². The zero-order valence-corrected chi connectivity index (χ0v) is 14.1. The van der Waals surface area contributed by atoms with Crippen LogP contribution in [0.4, 0.5) is 5.69 Å². The van der Waals surface area contributed by atoms with Crippen LogP contribution in [0.1, 0.15) is 23.1 Å². The second-order valence-corrected chi connectivity index (χ2v) is 6.09. The summed E-state index contributed by atoms with van der Waals surface area (Å²) in [4.78, 5) is 17.2. The van der Waals surface area contributed by atoms with Crippen LogP contribution in [0.2, 0.25) is 5.02 Å². The maximum atomic E-state index is 12.7. The zero-order valence-electron chi connectivity index (χ0n) is 11.8. The zero-order chi connectivity index (χ0) is 15.7. The molecule has 1 amide bonds. The molecule has 0 radical (unpaired) electrons. The first-order chi connectivity index (χ1) is 10.6. The molecule has 0 bridgehead atoms. The standard InChI is InChI=1S/C16H13BrClN3O/c1-2-12-15(21-9-10(17)7-8-14(21)19-12)16(22)20-13-6-4-3-5-11(13)18/h3-9H,2H2,1H3,(H,20,22). The Bertz CT molecular complexity index is 860. The van der Waals surface area contributed by atoms with Crippen molar-refractivity contribution < 1.29 is 4.79 Å². The molecule has 2 aromatic heterocycles. The summed E-state index contributed by atoms with van der Waals surface area (Å²) in [6.07, 6.45) is 2.51. The summed E-state index contributed by atoms with van der Waals surface area (Å²) < 4.78 is 2.67. The molecule has 112 valence electrons. The predicted octanol–water partition coefficient (Wildman–Crippen LogP) is 4.56. The van der Waals surface area contributed by atoms with E-state index in [0.29, 0.717) is 22.8 Å². The Morgan fingerprint density at radius 3 is 2.82 bits per heavy atom. The summed E-state index contributed by atoms with van der Waals surface area (Å²) in [6.45, 7) is 1.98. The number of nitrogens with one attached hydrogen (secondary N) is 1. The van der Waals surface area contributed by atoms with Gasteiger partial charge in [0, 0.05) is 10.7 Å². The smallest absolute Gasteiger partial charge is 0.274 e. The van der Waals surface area contributed by atoms with Crippen molar-refractivity contribution in [2.75, 3.05) is 5.32 Å². The van der Waals surface area contributed by atoms with Crippen LogP contribution in [-0.4, -0.2) is 15.3 Å². The minimum Gasteiger partial charge on any atom is -0.319 e. The summed E-state index contributed by atoms with van der Waals surface area (Å²) in [7, 11) is 0. The molecular weight excluding hydrogens is 366 g/mol. The molecule has 3 aromatic rings. The maximum Gasteiger partial charge on any atom is 0.274 e. The van der Waals surface area contributed by atoms with Gasteiger partial charge in [0.05, 0.1) is 16.4 Å². The van der Waals surface area contributed by atoms with E-state index in [4.69, 9.17) is 11.6 Å². The highest BCUT2D eigenvalue weighted by Gasteiger charge is 2.19. The molecule has 0 atom stereocenters. The number of imidazole rings is 1. The molecule has 0 aliphatic heterocycles. The van der Waals surface area contributed by atoms with E-state index >= 15 is 0 Å². The minimum absolute atomic E-state index is 0.226. The van der Waals surface area contributed by atoms with Crippen LogP contribution in [-0.2, 0) is 6.42 Å². The molecule has 4 nitrogen and oxygen atoms in total. The summed E-state index contributed by atoms with van der Waals surface area (Å²) in [6, 6.07) is 10.9. The average Bonchev–Trinajstić information content (AvgIpc) is 2.87. The highest BCUT2D eigenvalue weighted by molar-refractivity contribution is 9.10. The van der Waals surface area contributed by atoms with Gasteiger partial charge in [0.25, 0.3) is 5.91 Å². The van der Waals surface area contributed by atoms with Gasteiger partial charge in [-0.25, -0.2) is 4.98 Å². The first kappa shape index (κ1) is 15.1. The molecule has 0 aliphatic rings. The lowest BCUT2D eigenvalue weighted by atomic mass is 10.2. The fourth-order valence-electron chi connectivity index (χ4n) is 2.30. The second-order valence-electron chi connectivity index (χ2n) is 4.77. The quantitative estimate of drug-likeness (QED) is 0.726. The van der Waals surface area contributed by atoms with E-state index in [1.165, 1.54) is 0 Å². The molecule has 22 heavy (non-hydrogen) atoms. The van der Waals surface area contributed by atoms with Crippen molar-refractivity contribution in [2.24, 2.45) is 0 Å². The third-order valence-corrected chi connectivity index (χ3v) is 4.13. The van der Waals surface area contributed by atoms with E-state index in [0.717, 1.165) is 15.8 Å². The third kappa shape index (κ3) is 2.74. The minimum atomic E-state index is -0.226. The number of halogens is 2. The van der Waals surface area contributed by atoms with Gasteiger partial charge >= 0.3 is 0 Å². The number of aromatic nitrogens is 2. The lowest BCUT2D eigenvalue weighted by Gasteiger charge is -2.08. The number of para-hydroxylation sites is 1. The molecule has 0 aliphatic carbocycles. The van der Waals surface area contributed by atoms with Gasteiger partial charge in [0.1, 0.15) is 11.3 Å². The Kier molecular flexibility index (Phi) is 4.18. The maximum absolute atomic E-state index is 12.7. The number of aryl methyl sites for hydroxylation is 1. The molecule has 6 heteroatoms. The molecule has 0 saturated carbocycles. The highest BCUT2D eigenvalue weighted by Crippen LogP contribution is 2.23. The number of nitrogens with zero attached hydrogens (tertiary/aromatic N) is 2. The predicted molar refractivity (Wildman–Crippen MR) is 91.7 cm³/mol. The van der Waals surface area contributed by atoms with Crippen molar-refractivity contribution in [3.8, 4) is 0 Å². The number of pyridine rings is 1. The SMILES string of the molecule is CCc1nc2ccc(Br)cn2c1C(=O)Nc1ccccc1Cl. The van der Waals surface area contributed by atoms with Crippen LogP contribution in [0.3, 0.4) is 0 Å². The number of benzene rings is 1. The van der Waals surface area contributed by atoms with E-state index < -0.39 is 0 Å². The number of amides is 1. The molecule has 0 spiro atoms. The lowest BCUT2D eigenvalue weighted by Crippen LogP contribution is -2.16. The first-order valence-electron chi connectivity index (χ1n) is 6.82. The third-order valence-electron chi connectivity index (χ3n) is 3.33. The average molecular weight is 379 g/mol. The molecule has 2 heterocycles. The Morgan fingerprint density at radius 2 is 2.09 bits per heavy atom. The van der Waals surface area contributed by atoms with Gasteiger partial charge in [-0.15, -0.1) is 0 Å². The summed E-state index contributed by atoms with van der Waals surface area (Å²) in [5, 5.41) is 3.36. The van der Waals surface area contributed by atoms with Crippen molar-refractivity contribution in [2.45, 2.75) is 13.3 Å². The van der Waals surface area contributed by atoms with Crippen molar-refractivity contribution in [1.29, 1.82) is 0 Å². The molecule has 0 unspecified atom stereocenters. The van der Waals surface area contributed by atoms with Crippen LogP contribution in [0, 0.1) is 0 Å². The van der Waals surface area contributed by atoms with Crippen molar-refractivity contribution in [3.63, 3.8) is 0 Å². The summed E-state index contributed by atoms with van der Waals surface area (Å²) >= 11 is 9.53. The number of hydrogen-bond donors (Lipinski definition) is 1. The summed E-state index contributed by atoms with van der Waals surface area (Å²) in [5.41, 5.74) is 2.60. The van der Waals surface area contributed by atoms with Gasteiger partial charge in [-0.05, 0) is 46.6 Å². The largest absolute Gasteiger partial charge is 0.319 e. The number of rotatable bonds is 3. The first-order valence-corrected chi connectivity index (χ1v) is 7.99. The molecule has 1 N–H and O–H groups in total. The summed E-state index contributed by atoms with van der Waals surface area (Å²) in [5.74, 6) is -0.226. The Labute approximate surface area is 141 Å². The van der Waals surface area contributed by atoms with Gasteiger partial charge in [-0.3, -0.25) is 9.20 Å². The fraction of sp³-hybridized carbons (Fsp3) is 0.125. The van der Waals surface area contributed by atoms with E-state index in [1.54, 1.807) is 16.5 Å². The van der Waals surface area contributed by atoms with Gasteiger partial charge in [-0.2, -0.15) is 0 Å². The van der Waals surface area contributed by atoms with Crippen LogP contribution in [0.25, 0.3) is 5.65 Å². The van der Waals surface area contributed by atoms with Gasteiger partial charge < -0.3 is 5.32 Å². The molecule has 0 saturated heterocycles. The van der Waals surface area contributed by atoms with E-state index in [9.17, 15) is 4.79 Å². The Hall–Kier alpha value is -1.85. The lowest BCUT2D eigenvalue weighted by molar-refractivity contribution is 0.102. The molecule has 1 aromatic carbocycles. The second kappa shape index (κ2) is 6.10. The molecule has 3 rings (SSSR count). The molecular formula is C16H13BrClN3O. The van der Waals surface area contributed by atoms with Gasteiger partial charge in [0.15, 0.2) is 0 Å². The van der Waals surface area contributed by atoms with Crippen molar-refractivity contribution >= 4 is 44.8 Å². The van der Waals surface area contributed by atoms with Crippen LogP contribution in [0.5, 0.6) is 0 Å².